The SMILES string of the molecule is O=C(Cc1nc(-c2ccccn2)n[nH]1)Nc1cccc(F)c1. The molecular formula is C15H12FN5O. The number of aromatic nitrogens is 4. The molecule has 6 nitrogen and oxygen atoms in total. The van der Waals surface area contributed by atoms with Gasteiger partial charge in [-0.05, 0) is 30.3 Å². The second-order valence-corrected chi connectivity index (χ2v) is 4.56. The Kier molecular flexibility index (Phi) is 3.86. The van der Waals surface area contributed by atoms with Gasteiger partial charge in [0.1, 0.15) is 17.3 Å². The van der Waals surface area contributed by atoms with E-state index in [4.69, 9.17) is 0 Å². The van der Waals surface area contributed by atoms with E-state index in [0.717, 1.165) is 0 Å². The molecule has 0 atom stereocenters. The third kappa shape index (κ3) is 3.32. The van der Waals surface area contributed by atoms with E-state index in [1.807, 2.05) is 6.07 Å². The van der Waals surface area contributed by atoms with Gasteiger partial charge in [-0.15, -0.1) is 0 Å². The zero-order valence-electron chi connectivity index (χ0n) is 11.5. The molecule has 3 aromatic rings. The fourth-order valence-corrected chi connectivity index (χ4v) is 1.91. The third-order valence-corrected chi connectivity index (χ3v) is 2.86. The Bertz CT molecular complexity index is 787. The van der Waals surface area contributed by atoms with Gasteiger partial charge in [0, 0.05) is 11.9 Å². The lowest BCUT2D eigenvalue weighted by Crippen LogP contribution is -2.15. The summed E-state index contributed by atoms with van der Waals surface area (Å²) in [5.74, 6) is 0.118. The number of benzene rings is 1. The second-order valence-electron chi connectivity index (χ2n) is 4.56. The Morgan fingerprint density at radius 2 is 2.14 bits per heavy atom. The predicted molar refractivity (Wildman–Crippen MR) is 78.3 cm³/mol. The fourth-order valence-electron chi connectivity index (χ4n) is 1.91. The molecule has 2 aromatic heterocycles. The number of pyridine rings is 1. The minimum atomic E-state index is -0.407. The van der Waals surface area contributed by atoms with E-state index in [1.54, 1.807) is 24.4 Å². The van der Waals surface area contributed by atoms with Crippen LogP contribution in [0.15, 0.2) is 48.7 Å². The topological polar surface area (TPSA) is 83.6 Å². The van der Waals surface area contributed by atoms with Crippen molar-refractivity contribution in [1.82, 2.24) is 20.2 Å². The molecule has 110 valence electrons. The van der Waals surface area contributed by atoms with Crippen LogP contribution in [0.4, 0.5) is 10.1 Å². The van der Waals surface area contributed by atoms with E-state index in [1.165, 1.54) is 18.2 Å². The van der Waals surface area contributed by atoms with Crippen LogP contribution in [0.2, 0.25) is 0 Å². The summed E-state index contributed by atoms with van der Waals surface area (Å²) < 4.78 is 13.0. The molecular weight excluding hydrogens is 285 g/mol. The van der Waals surface area contributed by atoms with Crippen molar-refractivity contribution in [3.8, 4) is 11.5 Å². The molecule has 0 radical (unpaired) electrons. The molecule has 1 amide bonds. The van der Waals surface area contributed by atoms with Crippen LogP contribution < -0.4 is 5.32 Å². The highest BCUT2D eigenvalue weighted by Gasteiger charge is 2.11. The van der Waals surface area contributed by atoms with Gasteiger partial charge in [0.15, 0.2) is 5.82 Å². The first-order valence-electron chi connectivity index (χ1n) is 6.59. The van der Waals surface area contributed by atoms with E-state index in [-0.39, 0.29) is 12.3 Å². The van der Waals surface area contributed by atoms with Gasteiger partial charge in [0.2, 0.25) is 5.91 Å². The summed E-state index contributed by atoms with van der Waals surface area (Å²) in [6, 6.07) is 11.1. The van der Waals surface area contributed by atoms with Crippen molar-refractivity contribution in [3.63, 3.8) is 0 Å². The van der Waals surface area contributed by atoms with Crippen molar-refractivity contribution in [2.75, 3.05) is 5.32 Å². The Hall–Kier alpha value is -3.09. The molecule has 2 N–H and O–H groups in total. The number of carbonyl (C=O) groups excluding carboxylic acids is 1. The molecule has 7 heteroatoms. The Morgan fingerprint density at radius 1 is 1.23 bits per heavy atom. The summed E-state index contributed by atoms with van der Waals surface area (Å²) in [7, 11) is 0. The van der Waals surface area contributed by atoms with Gasteiger partial charge in [-0.1, -0.05) is 12.1 Å². The first-order chi connectivity index (χ1) is 10.7. The molecule has 2 heterocycles. The minimum Gasteiger partial charge on any atom is -0.326 e. The minimum absolute atomic E-state index is 0.0103. The molecule has 3 rings (SSSR count). The Labute approximate surface area is 125 Å². The normalized spacial score (nSPS) is 10.4. The van der Waals surface area contributed by atoms with E-state index in [9.17, 15) is 9.18 Å². The number of anilines is 1. The van der Waals surface area contributed by atoms with Crippen LogP contribution in [0.3, 0.4) is 0 Å². The van der Waals surface area contributed by atoms with Gasteiger partial charge >= 0.3 is 0 Å². The maximum absolute atomic E-state index is 13.0. The Morgan fingerprint density at radius 3 is 2.91 bits per heavy atom. The van der Waals surface area contributed by atoms with Gasteiger partial charge < -0.3 is 5.32 Å². The van der Waals surface area contributed by atoms with Crippen LogP contribution in [0, 0.1) is 5.82 Å². The highest BCUT2D eigenvalue weighted by Crippen LogP contribution is 2.12. The van der Waals surface area contributed by atoms with Gasteiger partial charge in [-0.25, -0.2) is 9.37 Å². The van der Waals surface area contributed by atoms with Gasteiger partial charge in [0.05, 0.1) is 6.42 Å². The average molecular weight is 297 g/mol. The second kappa shape index (κ2) is 6.13. The van der Waals surface area contributed by atoms with Crippen LogP contribution in [0.5, 0.6) is 0 Å². The first kappa shape index (κ1) is 13.9. The molecule has 0 bridgehead atoms. The molecule has 0 unspecified atom stereocenters. The quantitative estimate of drug-likeness (QED) is 0.773. The first-order valence-corrected chi connectivity index (χ1v) is 6.59. The van der Waals surface area contributed by atoms with E-state index >= 15 is 0 Å². The number of carbonyl (C=O) groups is 1. The highest BCUT2D eigenvalue weighted by molar-refractivity contribution is 5.91. The van der Waals surface area contributed by atoms with Crippen LogP contribution in [0.1, 0.15) is 5.82 Å². The van der Waals surface area contributed by atoms with Crippen LogP contribution in [-0.4, -0.2) is 26.1 Å². The number of hydrogen-bond donors (Lipinski definition) is 2. The van der Waals surface area contributed by atoms with E-state index in [2.05, 4.69) is 25.5 Å². The third-order valence-electron chi connectivity index (χ3n) is 2.86. The van der Waals surface area contributed by atoms with Crippen molar-refractivity contribution in [2.45, 2.75) is 6.42 Å². The lowest BCUT2D eigenvalue weighted by molar-refractivity contribution is -0.115. The zero-order chi connectivity index (χ0) is 15.4. The van der Waals surface area contributed by atoms with Crippen molar-refractivity contribution >= 4 is 11.6 Å². The summed E-state index contributed by atoms with van der Waals surface area (Å²) in [4.78, 5) is 20.2. The lowest BCUT2D eigenvalue weighted by Gasteiger charge is -2.03. The van der Waals surface area contributed by atoms with Crippen molar-refractivity contribution in [2.24, 2.45) is 0 Å². The van der Waals surface area contributed by atoms with Gasteiger partial charge in [-0.3, -0.25) is 14.9 Å². The maximum atomic E-state index is 13.0. The number of amides is 1. The van der Waals surface area contributed by atoms with E-state index < -0.39 is 5.82 Å². The number of halogens is 1. The largest absolute Gasteiger partial charge is 0.326 e. The molecule has 0 saturated carbocycles. The maximum Gasteiger partial charge on any atom is 0.232 e. The van der Waals surface area contributed by atoms with Crippen LogP contribution in [-0.2, 0) is 11.2 Å². The monoisotopic (exact) mass is 297 g/mol. The molecule has 22 heavy (non-hydrogen) atoms. The van der Waals surface area contributed by atoms with Crippen molar-refractivity contribution in [3.05, 3.63) is 60.3 Å². The number of rotatable bonds is 4. The van der Waals surface area contributed by atoms with Gasteiger partial charge in [-0.2, -0.15) is 5.10 Å². The lowest BCUT2D eigenvalue weighted by atomic mass is 10.3. The number of aromatic amines is 1. The molecule has 1 aromatic carbocycles. The van der Waals surface area contributed by atoms with E-state index in [0.29, 0.717) is 23.0 Å². The molecule has 0 spiro atoms. The van der Waals surface area contributed by atoms with Gasteiger partial charge in [0.25, 0.3) is 0 Å². The standard InChI is InChI=1S/C15H12FN5O/c16-10-4-3-5-11(8-10)18-14(22)9-13-19-15(21-20-13)12-6-1-2-7-17-12/h1-8H,9H2,(H,18,22)(H,19,20,21). The van der Waals surface area contributed by atoms with Crippen molar-refractivity contribution in [1.29, 1.82) is 0 Å². The van der Waals surface area contributed by atoms with Crippen molar-refractivity contribution < 1.29 is 9.18 Å². The summed E-state index contributed by atoms with van der Waals surface area (Å²) in [5, 5.41) is 9.32. The molecule has 0 aliphatic heterocycles. The predicted octanol–water partition coefficient (Wildman–Crippen LogP) is 2.19. The van der Waals surface area contributed by atoms with Crippen LogP contribution >= 0.6 is 0 Å². The molecule has 0 aliphatic carbocycles. The fraction of sp³-hybridized carbons (Fsp3) is 0.0667. The number of H-pyrrole nitrogens is 1. The summed E-state index contributed by atoms with van der Waals surface area (Å²) in [6.45, 7) is 0. The smallest absolute Gasteiger partial charge is 0.232 e. The average Bonchev–Trinajstić information content (AvgIpc) is 2.96. The van der Waals surface area contributed by atoms with Crippen LogP contribution in [0.25, 0.3) is 11.5 Å². The zero-order valence-corrected chi connectivity index (χ0v) is 11.5. The number of hydrogen-bond acceptors (Lipinski definition) is 4. The molecule has 0 saturated heterocycles. The Balaban J connectivity index is 1.66. The number of nitrogens with zero attached hydrogens (tertiary/aromatic N) is 3. The number of nitrogens with one attached hydrogen (secondary N) is 2. The summed E-state index contributed by atoms with van der Waals surface area (Å²) in [5.41, 5.74) is 1.02. The summed E-state index contributed by atoms with van der Waals surface area (Å²) in [6.07, 6.45) is 1.65. The molecule has 0 fully saturated rings. The summed E-state index contributed by atoms with van der Waals surface area (Å²) >= 11 is 0. The molecule has 0 aliphatic rings. The highest BCUT2D eigenvalue weighted by atomic mass is 19.1.